The summed E-state index contributed by atoms with van der Waals surface area (Å²) < 4.78 is 0. The second kappa shape index (κ2) is 2.30. The van der Waals surface area contributed by atoms with E-state index in [4.69, 9.17) is 5.11 Å². The molecule has 1 atom stereocenters. The van der Waals surface area contributed by atoms with E-state index in [1.165, 1.54) is 0 Å². The van der Waals surface area contributed by atoms with Crippen LogP contribution in [0.1, 0.15) is 0 Å². The van der Waals surface area contributed by atoms with Gasteiger partial charge in [-0.25, -0.2) is 0 Å². The Hall–Kier alpha value is -0.650. The molecule has 1 aliphatic heterocycles. The largest absolute Gasteiger partial charge is 0.784 e. The van der Waals surface area contributed by atoms with Crippen LogP contribution in [0.5, 0.6) is 0 Å². The lowest BCUT2D eigenvalue weighted by Gasteiger charge is -2.18. The van der Waals surface area contributed by atoms with Crippen LogP contribution in [0.25, 0.3) is 0 Å². The minimum atomic E-state index is -0.964. The molecule has 2 N–H and O–H groups in total. The average Bonchev–Trinajstić information content (AvgIpc) is 2.14. The molecule has 1 saturated heterocycles. The quantitative estimate of drug-likeness (QED) is 0.467. The summed E-state index contributed by atoms with van der Waals surface area (Å²) in [5, 5.41) is 21.9. The zero-order chi connectivity index (χ0) is 6.85. The third kappa shape index (κ3) is 1.38. The van der Waals surface area contributed by atoms with Crippen molar-refractivity contribution < 1.29 is 9.90 Å². The summed E-state index contributed by atoms with van der Waals surface area (Å²) in [6, 6.07) is -0.678. The first-order valence-electron chi connectivity index (χ1n) is 2.58. The lowest BCUT2D eigenvalue weighted by atomic mass is 10.3. The number of carboxylic acids is 1. The number of rotatable bonds is 1. The first kappa shape index (κ1) is 6.47. The van der Waals surface area contributed by atoms with Crippen LogP contribution in [0.3, 0.4) is 0 Å². The molecule has 1 heterocycles. The zero-order valence-electron chi connectivity index (χ0n) is 4.70. The van der Waals surface area contributed by atoms with E-state index in [1.54, 1.807) is 0 Å². The van der Waals surface area contributed by atoms with Gasteiger partial charge >= 0.3 is 5.97 Å². The van der Waals surface area contributed by atoms with Crippen LogP contribution in [-0.4, -0.2) is 35.4 Å². The summed E-state index contributed by atoms with van der Waals surface area (Å²) in [5.74, 6) is -0.964. The number of hydrogen-bond donors (Lipinski definition) is 2. The Balaban J connectivity index is 2.39. The molecular weight excluding hydrogens is 124 g/mol. The monoisotopic (exact) mass is 131 g/mol. The van der Waals surface area contributed by atoms with Crippen LogP contribution in [0.2, 0.25) is 0 Å². The van der Waals surface area contributed by atoms with Gasteiger partial charge in [-0.15, -0.1) is 0 Å². The number of hydroxylamine groups is 2. The maximum atomic E-state index is 10.3. The molecule has 0 saturated carbocycles. The maximum Gasteiger partial charge on any atom is 0.322 e. The number of aliphatic carboxylic acids is 1. The predicted octanol–water partition coefficient (Wildman–Crippen LogP) is -1.20. The highest BCUT2D eigenvalue weighted by atomic mass is 16.5. The number of carboxylic acid groups (broad SMARTS) is 1. The van der Waals surface area contributed by atoms with Gasteiger partial charge in [-0.2, -0.15) is 0 Å². The first-order chi connectivity index (χ1) is 4.20. The van der Waals surface area contributed by atoms with Crippen molar-refractivity contribution in [3.63, 3.8) is 0 Å². The number of hydrogen-bond acceptors (Lipinski definition) is 4. The molecule has 0 aromatic rings. The summed E-state index contributed by atoms with van der Waals surface area (Å²) in [6.45, 7) is 0.173. The molecule has 0 spiro atoms. The van der Waals surface area contributed by atoms with Gasteiger partial charge < -0.3 is 15.4 Å². The maximum absolute atomic E-state index is 10.3. The highest BCUT2D eigenvalue weighted by Crippen LogP contribution is 1.97. The first-order valence-corrected chi connectivity index (χ1v) is 2.58. The lowest BCUT2D eigenvalue weighted by molar-refractivity contribution is -0.138. The van der Waals surface area contributed by atoms with E-state index < -0.39 is 12.0 Å². The molecule has 5 heteroatoms. The average molecular weight is 131 g/mol. The van der Waals surface area contributed by atoms with Gasteiger partial charge in [0, 0.05) is 13.2 Å². The second-order valence-electron chi connectivity index (χ2n) is 1.92. The van der Waals surface area contributed by atoms with Gasteiger partial charge in [0.15, 0.2) is 0 Å². The molecule has 1 rings (SSSR count). The van der Waals surface area contributed by atoms with Crippen molar-refractivity contribution in [2.75, 3.05) is 13.2 Å². The molecule has 5 nitrogen and oxygen atoms in total. The van der Waals surface area contributed by atoms with Crippen molar-refractivity contribution in [2.24, 2.45) is 0 Å². The molecule has 0 aliphatic carbocycles. The minimum absolute atomic E-state index is 0.0509. The van der Waals surface area contributed by atoms with Gasteiger partial charge in [0.2, 0.25) is 0 Å². The van der Waals surface area contributed by atoms with Gasteiger partial charge in [0.1, 0.15) is 6.04 Å². The van der Waals surface area contributed by atoms with E-state index >= 15 is 0 Å². The standard InChI is InChI=1S/C4H7N2O3/c7-4(8)3-1-6(9)2-5-3/h3,5H,1-2H2,(H,7,8)/q-1. The van der Waals surface area contributed by atoms with E-state index in [0.717, 1.165) is 0 Å². The summed E-state index contributed by atoms with van der Waals surface area (Å²) in [6.07, 6.45) is 0. The molecule has 1 aliphatic rings. The Morgan fingerprint density at radius 3 is 2.78 bits per heavy atom. The molecule has 0 aromatic carbocycles. The molecule has 0 amide bonds. The SMILES string of the molecule is O=C(O)C1CN([O-])CN1. The van der Waals surface area contributed by atoms with E-state index in [2.05, 4.69) is 5.32 Å². The van der Waals surface area contributed by atoms with Gasteiger partial charge in [-0.3, -0.25) is 10.1 Å². The number of nitrogens with one attached hydrogen (secondary N) is 1. The summed E-state index contributed by atoms with van der Waals surface area (Å²) in [4.78, 5) is 10.1. The molecule has 0 bridgehead atoms. The predicted molar refractivity (Wildman–Crippen MR) is 29.5 cm³/mol. The number of nitrogens with zero attached hydrogens (tertiary/aromatic N) is 1. The highest BCUT2D eigenvalue weighted by molar-refractivity contribution is 5.74. The van der Waals surface area contributed by atoms with Crippen LogP contribution in [0.15, 0.2) is 0 Å². The third-order valence-corrected chi connectivity index (χ3v) is 1.20. The normalized spacial score (nSPS) is 28.8. The second-order valence-corrected chi connectivity index (χ2v) is 1.92. The van der Waals surface area contributed by atoms with Crippen molar-refractivity contribution in [3.8, 4) is 0 Å². The fourth-order valence-corrected chi connectivity index (χ4v) is 0.710. The van der Waals surface area contributed by atoms with Crippen LogP contribution < -0.4 is 5.32 Å². The third-order valence-electron chi connectivity index (χ3n) is 1.20. The number of carbonyl (C=O) groups is 1. The van der Waals surface area contributed by atoms with Crippen molar-refractivity contribution in [1.29, 1.82) is 0 Å². The molecule has 1 fully saturated rings. The van der Waals surface area contributed by atoms with Crippen molar-refractivity contribution in [1.82, 2.24) is 10.4 Å². The van der Waals surface area contributed by atoms with E-state index in [0.29, 0.717) is 5.06 Å². The van der Waals surface area contributed by atoms with Gasteiger partial charge in [0.05, 0.1) is 0 Å². The summed E-state index contributed by atoms with van der Waals surface area (Å²) >= 11 is 0. The minimum Gasteiger partial charge on any atom is -0.784 e. The fourth-order valence-electron chi connectivity index (χ4n) is 0.710. The lowest BCUT2D eigenvalue weighted by Crippen LogP contribution is -2.32. The fraction of sp³-hybridized carbons (Fsp3) is 0.750. The van der Waals surface area contributed by atoms with Crippen LogP contribution in [0.4, 0.5) is 0 Å². The van der Waals surface area contributed by atoms with Crippen LogP contribution in [0, 0.1) is 5.21 Å². The zero-order valence-corrected chi connectivity index (χ0v) is 4.70. The van der Waals surface area contributed by atoms with E-state index in [1.807, 2.05) is 0 Å². The molecule has 0 aromatic heterocycles. The molecule has 0 radical (unpaired) electrons. The van der Waals surface area contributed by atoms with Crippen LogP contribution in [-0.2, 0) is 4.79 Å². The summed E-state index contributed by atoms with van der Waals surface area (Å²) in [5.41, 5.74) is 0. The molecular formula is C4H7N2O3-. The van der Waals surface area contributed by atoms with Gasteiger partial charge in [-0.05, 0) is 0 Å². The molecule has 52 valence electrons. The summed E-state index contributed by atoms with van der Waals surface area (Å²) in [7, 11) is 0. The van der Waals surface area contributed by atoms with Gasteiger partial charge in [-0.1, -0.05) is 0 Å². The van der Waals surface area contributed by atoms with E-state index in [9.17, 15) is 10.0 Å². The van der Waals surface area contributed by atoms with Crippen molar-refractivity contribution >= 4 is 5.97 Å². The van der Waals surface area contributed by atoms with E-state index in [-0.39, 0.29) is 13.2 Å². The Bertz CT molecular complexity index is 127. The molecule has 1 unspecified atom stereocenters. The molecule has 9 heavy (non-hydrogen) atoms. The Labute approximate surface area is 51.8 Å². The van der Waals surface area contributed by atoms with Crippen molar-refractivity contribution in [2.45, 2.75) is 6.04 Å². The Morgan fingerprint density at radius 1 is 1.89 bits per heavy atom. The highest BCUT2D eigenvalue weighted by Gasteiger charge is 2.21. The Morgan fingerprint density at radius 2 is 2.56 bits per heavy atom. The van der Waals surface area contributed by atoms with Crippen LogP contribution >= 0.6 is 0 Å². The topological polar surface area (TPSA) is 75.6 Å². The van der Waals surface area contributed by atoms with Crippen molar-refractivity contribution in [3.05, 3.63) is 5.21 Å². The smallest absolute Gasteiger partial charge is 0.322 e. The van der Waals surface area contributed by atoms with Gasteiger partial charge in [0.25, 0.3) is 0 Å². The Kier molecular flexibility index (Phi) is 1.65.